The first-order valence-electron chi connectivity index (χ1n) is 8.54. The Kier molecular flexibility index (Phi) is 5.58. The molecule has 0 atom stereocenters. The van der Waals surface area contributed by atoms with Crippen molar-refractivity contribution in [2.45, 2.75) is 19.8 Å². The quantitative estimate of drug-likeness (QED) is 0.615. The minimum Gasteiger partial charge on any atom is -0.381 e. The fourth-order valence-corrected chi connectivity index (χ4v) is 4.05. The molecule has 2 heterocycles. The molecule has 3 rings (SSSR count). The van der Waals surface area contributed by atoms with E-state index in [2.05, 4.69) is 9.80 Å². The van der Waals surface area contributed by atoms with Crippen molar-refractivity contribution in [2.24, 2.45) is 5.92 Å². The zero-order chi connectivity index (χ0) is 17.1. The second-order valence-electron chi connectivity index (χ2n) is 6.69. The number of nitrogens with zero attached hydrogens (tertiary/aromatic N) is 3. The van der Waals surface area contributed by atoms with Gasteiger partial charge in [-0.25, -0.2) is 0 Å². The first-order valence-corrected chi connectivity index (χ1v) is 8.92. The maximum Gasteiger partial charge on any atom is 0.271 e. The Balaban J connectivity index is 1.61. The number of nitro groups is 1. The van der Waals surface area contributed by atoms with Crippen molar-refractivity contribution in [3.63, 3.8) is 0 Å². The average molecular weight is 354 g/mol. The topological polar surface area (TPSA) is 58.9 Å². The number of hydrogen-bond acceptors (Lipinski definition) is 5. The molecule has 0 radical (unpaired) electrons. The lowest BCUT2D eigenvalue weighted by molar-refractivity contribution is -0.384. The maximum absolute atomic E-state index is 10.9. The molecule has 7 heteroatoms. The monoisotopic (exact) mass is 353 g/mol. The van der Waals surface area contributed by atoms with E-state index in [1.807, 2.05) is 6.92 Å². The first-order chi connectivity index (χ1) is 11.5. The predicted molar refractivity (Wildman–Crippen MR) is 95.0 cm³/mol. The Morgan fingerprint density at radius 1 is 1.25 bits per heavy atom. The fourth-order valence-electron chi connectivity index (χ4n) is 3.67. The van der Waals surface area contributed by atoms with Crippen LogP contribution in [0.5, 0.6) is 0 Å². The lowest BCUT2D eigenvalue weighted by Gasteiger charge is -2.39. The summed E-state index contributed by atoms with van der Waals surface area (Å²) in [5.41, 5.74) is 1.86. The summed E-state index contributed by atoms with van der Waals surface area (Å²) in [5.74, 6) is 0.745. The Labute approximate surface area is 147 Å². The number of aryl methyl sites for hydroxylation is 1. The van der Waals surface area contributed by atoms with Crippen LogP contribution in [0.25, 0.3) is 0 Å². The summed E-state index contributed by atoms with van der Waals surface area (Å²) in [6.07, 6.45) is 2.32. The summed E-state index contributed by atoms with van der Waals surface area (Å²) in [5, 5.41) is 11.4. The van der Waals surface area contributed by atoms with Gasteiger partial charge < -0.3 is 9.64 Å². The SMILES string of the molecule is Cc1cc([N+](=O)[O-])cc(Cl)c1N1CCN(CC2CCOCC2)CC1. The van der Waals surface area contributed by atoms with Gasteiger partial charge in [-0.15, -0.1) is 0 Å². The van der Waals surface area contributed by atoms with Crippen LogP contribution in [0.15, 0.2) is 12.1 Å². The van der Waals surface area contributed by atoms with E-state index in [4.69, 9.17) is 16.3 Å². The maximum atomic E-state index is 10.9. The number of benzene rings is 1. The number of halogens is 1. The molecule has 0 amide bonds. The summed E-state index contributed by atoms with van der Waals surface area (Å²) in [6, 6.07) is 3.06. The average Bonchev–Trinajstić information content (AvgIpc) is 2.56. The van der Waals surface area contributed by atoms with Crippen molar-refractivity contribution in [2.75, 3.05) is 50.8 Å². The highest BCUT2D eigenvalue weighted by Gasteiger charge is 2.24. The molecule has 1 aromatic carbocycles. The van der Waals surface area contributed by atoms with E-state index in [-0.39, 0.29) is 5.69 Å². The Hall–Kier alpha value is -1.37. The standard InChI is InChI=1S/C17H24ClN3O3/c1-13-10-15(21(22)23)11-16(18)17(13)20-6-4-19(5-7-20)12-14-2-8-24-9-3-14/h10-11,14H,2-9,12H2,1H3. The van der Waals surface area contributed by atoms with Gasteiger partial charge in [-0.3, -0.25) is 15.0 Å². The van der Waals surface area contributed by atoms with Gasteiger partial charge in [0, 0.05) is 58.1 Å². The number of hydrogen-bond donors (Lipinski definition) is 0. The predicted octanol–water partition coefficient (Wildman–Crippen LogP) is 3.11. The molecule has 132 valence electrons. The highest BCUT2D eigenvalue weighted by molar-refractivity contribution is 6.33. The minimum absolute atomic E-state index is 0.0550. The lowest BCUT2D eigenvalue weighted by atomic mass is 9.99. The molecular formula is C17H24ClN3O3. The van der Waals surface area contributed by atoms with Crippen molar-refractivity contribution < 1.29 is 9.66 Å². The fraction of sp³-hybridized carbons (Fsp3) is 0.647. The molecule has 2 aliphatic heterocycles. The van der Waals surface area contributed by atoms with Gasteiger partial charge in [0.05, 0.1) is 15.6 Å². The molecule has 0 aliphatic carbocycles. The van der Waals surface area contributed by atoms with E-state index < -0.39 is 4.92 Å². The number of ether oxygens (including phenoxy) is 1. The molecule has 0 aromatic heterocycles. The molecule has 6 nitrogen and oxygen atoms in total. The Bertz CT molecular complexity index is 574. The van der Waals surface area contributed by atoms with Crippen molar-refractivity contribution in [3.8, 4) is 0 Å². The van der Waals surface area contributed by atoms with Crippen LogP contribution in [-0.2, 0) is 4.74 Å². The molecule has 0 N–H and O–H groups in total. The highest BCUT2D eigenvalue weighted by atomic mass is 35.5. The van der Waals surface area contributed by atoms with Gasteiger partial charge >= 0.3 is 0 Å². The van der Waals surface area contributed by atoms with Crippen molar-refractivity contribution >= 4 is 23.0 Å². The van der Waals surface area contributed by atoms with E-state index in [9.17, 15) is 10.1 Å². The van der Waals surface area contributed by atoms with E-state index in [1.54, 1.807) is 6.07 Å². The van der Waals surface area contributed by atoms with E-state index in [0.29, 0.717) is 5.02 Å². The summed E-state index contributed by atoms with van der Waals surface area (Å²) < 4.78 is 5.43. The van der Waals surface area contributed by atoms with Crippen LogP contribution in [0.3, 0.4) is 0 Å². The van der Waals surface area contributed by atoms with Crippen molar-refractivity contribution in [3.05, 3.63) is 32.8 Å². The third-order valence-electron chi connectivity index (χ3n) is 5.00. The van der Waals surface area contributed by atoms with Crippen LogP contribution in [0, 0.1) is 23.0 Å². The van der Waals surface area contributed by atoms with Crippen LogP contribution in [0.4, 0.5) is 11.4 Å². The Morgan fingerprint density at radius 2 is 1.92 bits per heavy atom. The largest absolute Gasteiger partial charge is 0.381 e. The Morgan fingerprint density at radius 3 is 2.50 bits per heavy atom. The third-order valence-corrected chi connectivity index (χ3v) is 5.28. The van der Waals surface area contributed by atoms with Crippen LogP contribution in [0.1, 0.15) is 18.4 Å². The molecule has 0 saturated carbocycles. The third kappa shape index (κ3) is 3.99. The molecule has 2 aliphatic rings. The van der Waals surface area contributed by atoms with Crippen LogP contribution >= 0.6 is 11.6 Å². The summed E-state index contributed by atoms with van der Waals surface area (Å²) in [4.78, 5) is 15.3. The normalized spacial score (nSPS) is 20.3. The van der Waals surface area contributed by atoms with Gasteiger partial charge in [-0.1, -0.05) is 11.6 Å². The zero-order valence-electron chi connectivity index (χ0n) is 14.0. The van der Waals surface area contributed by atoms with Crippen LogP contribution in [-0.4, -0.2) is 55.8 Å². The van der Waals surface area contributed by atoms with Gasteiger partial charge in [0.15, 0.2) is 0 Å². The number of rotatable bonds is 4. The van der Waals surface area contributed by atoms with E-state index in [1.165, 1.54) is 6.07 Å². The lowest BCUT2D eigenvalue weighted by Crippen LogP contribution is -2.48. The smallest absolute Gasteiger partial charge is 0.271 e. The van der Waals surface area contributed by atoms with Gasteiger partial charge in [0.2, 0.25) is 0 Å². The molecule has 0 spiro atoms. The summed E-state index contributed by atoms with van der Waals surface area (Å²) in [7, 11) is 0. The minimum atomic E-state index is -0.394. The summed E-state index contributed by atoms with van der Waals surface area (Å²) in [6.45, 7) is 8.63. The second kappa shape index (κ2) is 7.68. The second-order valence-corrected chi connectivity index (χ2v) is 7.10. The van der Waals surface area contributed by atoms with Gasteiger partial charge in [-0.05, 0) is 31.2 Å². The van der Waals surface area contributed by atoms with Crippen molar-refractivity contribution in [1.29, 1.82) is 0 Å². The number of piperazine rings is 1. The molecule has 2 fully saturated rings. The molecule has 1 aromatic rings. The van der Waals surface area contributed by atoms with Gasteiger partial charge in [-0.2, -0.15) is 0 Å². The summed E-state index contributed by atoms with van der Waals surface area (Å²) >= 11 is 6.33. The van der Waals surface area contributed by atoms with Crippen LogP contribution < -0.4 is 4.90 Å². The highest BCUT2D eigenvalue weighted by Crippen LogP contribution is 2.34. The van der Waals surface area contributed by atoms with Crippen molar-refractivity contribution in [1.82, 2.24) is 4.90 Å². The van der Waals surface area contributed by atoms with Crippen LogP contribution in [0.2, 0.25) is 5.02 Å². The first kappa shape index (κ1) is 17.5. The van der Waals surface area contributed by atoms with E-state index in [0.717, 1.165) is 75.9 Å². The number of anilines is 1. The zero-order valence-corrected chi connectivity index (χ0v) is 14.8. The molecule has 0 bridgehead atoms. The molecule has 2 saturated heterocycles. The molecular weight excluding hydrogens is 330 g/mol. The van der Waals surface area contributed by atoms with Gasteiger partial charge in [0.25, 0.3) is 5.69 Å². The molecule has 0 unspecified atom stereocenters. The number of non-ortho nitro benzene ring substituents is 1. The molecule has 24 heavy (non-hydrogen) atoms. The number of nitro benzene ring substituents is 1. The van der Waals surface area contributed by atoms with E-state index >= 15 is 0 Å². The van der Waals surface area contributed by atoms with Gasteiger partial charge in [0.1, 0.15) is 0 Å².